The highest BCUT2D eigenvalue weighted by molar-refractivity contribution is 4.61. The Bertz CT molecular complexity index is 71.7. The third kappa shape index (κ3) is 6.05. The van der Waals surface area contributed by atoms with Gasteiger partial charge in [0.15, 0.2) is 0 Å². The number of rotatable bonds is 5. The van der Waals surface area contributed by atoms with Crippen LogP contribution in [0.5, 0.6) is 0 Å². The van der Waals surface area contributed by atoms with Crippen molar-refractivity contribution < 1.29 is 0 Å². The van der Waals surface area contributed by atoms with Gasteiger partial charge in [0, 0.05) is 12.6 Å². The summed E-state index contributed by atoms with van der Waals surface area (Å²) < 4.78 is 0. The number of hydrogen-bond acceptors (Lipinski definition) is 2. The Kier molecular flexibility index (Phi) is 5.64. The van der Waals surface area contributed by atoms with Crippen molar-refractivity contribution >= 4 is 0 Å². The van der Waals surface area contributed by atoms with Gasteiger partial charge in [-0.15, -0.1) is 0 Å². The normalized spacial score (nSPS) is 14.1. The molecule has 0 saturated heterocycles. The molecular weight excluding hydrogens is 124 g/mol. The number of nitrogens with two attached hydrogens (primary N) is 2. The fourth-order valence-corrected chi connectivity index (χ4v) is 0.906. The summed E-state index contributed by atoms with van der Waals surface area (Å²) in [6.07, 6.45) is 3.57. The molecule has 0 aromatic rings. The second kappa shape index (κ2) is 5.69. The zero-order valence-corrected chi connectivity index (χ0v) is 7.14. The molecule has 0 aromatic carbocycles. The van der Waals surface area contributed by atoms with E-state index in [1.54, 1.807) is 0 Å². The van der Waals surface area contributed by atoms with Gasteiger partial charge in [0.05, 0.1) is 0 Å². The zero-order valence-electron chi connectivity index (χ0n) is 7.14. The first kappa shape index (κ1) is 9.92. The summed E-state index contributed by atoms with van der Waals surface area (Å²) in [5.41, 5.74) is 11.0. The summed E-state index contributed by atoms with van der Waals surface area (Å²) in [5.74, 6) is 0.796. The van der Waals surface area contributed by atoms with Crippen molar-refractivity contribution in [2.45, 2.75) is 39.2 Å². The van der Waals surface area contributed by atoms with E-state index in [4.69, 9.17) is 11.5 Å². The molecule has 0 heterocycles. The fourth-order valence-electron chi connectivity index (χ4n) is 0.906. The molecule has 0 saturated carbocycles. The highest BCUT2D eigenvalue weighted by Gasteiger charge is 1.99. The minimum atomic E-state index is 0.221. The van der Waals surface area contributed by atoms with Crippen LogP contribution in [0.4, 0.5) is 0 Å². The first-order valence-electron chi connectivity index (χ1n) is 4.12. The molecule has 0 amide bonds. The summed E-state index contributed by atoms with van der Waals surface area (Å²) >= 11 is 0. The van der Waals surface area contributed by atoms with E-state index < -0.39 is 0 Å². The summed E-state index contributed by atoms with van der Waals surface area (Å²) in [7, 11) is 0. The topological polar surface area (TPSA) is 52.0 Å². The lowest BCUT2D eigenvalue weighted by Gasteiger charge is -2.08. The van der Waals surface area contributed by atoms with Crippen molar-refractivity contribution in [2.75, 3.05) is 6.54 Å². The molecule has 0 aliphatic rings. The number of hydrogen-bond donors (Lipinski definition) is 2. The van der Waals surface area contributed by atoms with Crippen LogP contribution in [0.15, 0.2) is 0 Å². The van der Waals surface area contributed by atoms with E-state index in [2.05, 4.69) is 13.8 Å². The minimum absolute atomic E-state index is 0.221. The molecule has 2 nitrogen and oxygen atoms in total. The standard InChI is InChI=1S/C8H20N2/c1-7(2)4-3-5-8(10)6-9/h7-8H,3-6,9-10H2,1-2H3. The Morgan fingerprint density at radius 2 is 1.80 bits per heavy atom. The average molecular weight is 144 g/mol. The molecule has 0 rings (SSSR count). The van der Waals surface area contributed by atoms with Crippen LogP contribution >= 0.6 is 0 Å². The van der Waals surface area contributed by atoms with Crippen molar-refractivity contribution in [1.29, 1.82) is 0 Å². The van der Waals surface area contributed by atoms with E-state index in [1.165, 1.54) is 12.8 Å². The quantitative estimate of drug-likeness (QED) is 0.607. The lowest BCUT2D eigenvalue weighted by atomic mass is 10.0. The molecular formula is C8H20N2. The summed E-state index contributed by atoms with van der Waals surface area (Å²) in [5, 5.41) is 0. The molecule has 4 N–H and O–H groups in total. The highest BCUT2D eigenvalue weighted by atomic mass is 14.7. The molecule has 0 aliphatic heterocycles. The first-order valence-corrected chi connectivity index (χ1v) is 4.12. The molecule has 10 heavy (non-hydrogen) atoms. The largest absolute Gasteiger partial charge is 0.329 e. The van der Waals surface area contributed by atoms with Crippen LogP contribution in [-0.4, -0.2) is 12.6 Å². The van der Waals surface area contributed by atoms with Crippen molar-refractivity contribution in [3.05, 3.63) is 0 Å². The molecule has 0 fully saturated rings. The Labute approximate surface area is 64.0 Å². The van der Waals surface area contributed by atoms with E-state index >= 15 is 0 Å². The van der Waals surface area contributed by atoms with Gasteiger partial charge in [0.2, 0.25) is 0 Å². The minimum Gasteiger partial charge on any atom is -0.329 e. The predicted molar refractivity (Wildman–Crippen MR) is 45.7 cm³/mol. The van der Waals surface area contributed by atoms with Gasteiger partial charge in [0.1, 0.15) is 0 Å². The second-order valence-corrected chi connectivity index (χ2v) is 3.32. The van der Waals surface area contributed by atoms with Gasteiger partial charge in [-0.3, -0.25) is 0 Å². The molecule has 62 valence electrons. The average Bonchev–Trinajstić information content (AvgIpc) is 1.87. The molecule has 0 spiro atoms. The van der Waals surface area contributed by atoms with Crippen molar-refractivity contribution in [1.82, 2.24) is 0 Å². The Balaban J connectivity index is 3.03. The van der Waals surface area contributed by atoms with E-state index in [0.717, 1.165) is 12.3 Å². The molecule has 1 unspecified atom stereocenters. The lowest BCUT2D eigenvalue weighted by molar-refractivity contribution is 0.500. The molecule has 0 aromatic heterocycles. The molecule has 0 radical (unpaired) electrons. The fraction of sp³-hybridized carbons (Fsp3) is 1.00. The van der Waals surface area contributed by atoms with Crippen LogP contribution in [0.2, 0.25) is 0 Å². The smallest absolute Gasteiger partial charge is 0.0163 e. The van der Waals surface area contributed by atoms with Crippen molar-refractivity contribution in [2.24, 2.45) is 17.4 Å². The Morgan fingerprint density at radius 3 is 2.20 bits per heavy atom. The predicted octanol–water partition coefficient (Wildman–Crippen LogP) is 1.10. The Hall–Kier alpha value is -0.0800. The second-order valence-electron chi connectivity index (χ2n) is 3.32. The maximum Gasteiger partial charge on any atom is 0.0163 e. The van der Waals surface area contributed by atoms with Crippen LogP contribution in [-0.2, 0) is 0 Å². The van der Waals surface area contributed by atoms with E-state index in [-0.39, 0.29) is 6.04 Å². The third-order valence-electron chi connectivity index (χ3n) is 1.66. The van der Waals surface area contributed by atoms with Gasteiger partial charge in [-0.25, -0.2) is 0 Å². The van der Waals surface area contributed by atoms with Crippen LogP contribution in [0.25, 0.3) is 0 Å². The maximum atomic E-state index is 5.63. The lowest BCUT2D eigenvalue weighted by Crippen LogP contribution is -2.29. The molecule has 1 atom stereocenters. The van der Waals surface area contributed by atoms with Gasteiger partial charge in [-0.05, 0) is 12.3 Å². The monoisotopic (exact) mass is 144 g/mol. The van der Waals surface area contributed by atoms with Crippen LogP contribution in [0.3, 0.4) is 0 Å². The zero-order chi connectivity index (χ0) is 7.98. The van der Waals surface area contributed by atoms with E-state index in [9.17, 15) is 0 Å². The van der Waals surface area contributed by atoms with Gasteiger partial charge in [-0.1, -0.05) is 26.7 Å². The van der Waals surface area contributed by atoms with Gasteiger partial charge >= 0.3 is 0 Å². The summed E-state index contributed by atoms with van der Waals surface area (Å²) in [4.78, 5) is 0. The summed E-state index contributed by atoms with van der Waals surface area (Å²) in [6.45, 7) is 5.08. The van der Waals surface area contributed by atoms with Crippen molar-refractivity contribution in [3.8, 4) is 0 Å². The SMILES string of the molecule is CC(C)CCCC(N)CN. The van der Waals surface area contributed by atoms with Gasteiger partial charge < -0.3 is 11.5 Å². The van der Waals surface area contributed by atoms with E-state index in [1.807, 2.05) is 0 Å². The highest BCUT2D eigenvalue weighted by Crippen LogP contribution is 2.06. The summed E-state index contributed by atoms with van der Waals surface area (Å²) in [6, 6.07) is 0.221. The van der Waals surface area contributed by atoms with Crippen LogP contribution in [0, 0.1) is 5.92 Å². The first-order chi connectivity index (χ1) is 4.66. The molecule has 0 bridgehead atoms. The molecule has 0 aliphatic carbocycles. The van der Waals surface area contributed by atoms with Crippen LogP contribution in [0.1, 0.15) is 33.1 Å². The van der Waals surface area contributed by atoms with Crippen LogP contribution < -0.4 is 11.5 Å². The maximum absolute atomic E-state index is 5.63. The Morgan fingerprint density at radius 1 is 1.20 bits per heavy atom. The van der Waals surface area contributed by atoms with Crippen molar-refractivity contribution in [3.63, 3.8) is 0 Å². The third-order valence-corrected chi connectivity index (χ3v) is 1.66. The van der Waals surface area contributed by atoms with Gasteiger partial charge in [0.25, 0.3) is 0 Å². The van der Waals surface area contributed by atoms with Gasteiger partial charge in [-0.2, -0.15) is 0 Å². The molecule has 2 heteroatoms. The van der Waals surface area contributed by atoms with E-state index in [0.29, 0.717) is 6.54 Å².